The van der Waals surface area contributed by atoms with Crippen molar-refractivity contribution in [3.63, 3.8) is 0 Å². The van der Waals surface area contributed by atoms with Crippen molar-refractivity contribution in [1.82, 2.24) is 0 Å². The van der Waals surface area contributed by atoms with Gasteiger partial charge in [0.15, 0.2) is 0 Å². The summed E-state index contributed by atoms with van der Waals surface area (Å²) in [6.07, 6.45) is 46.4. The lowest BCUT2D eigenvalue weighted by Crippen LogP contribution is -2.02. The molecule has 0 aliphatic carbocycles. The summed E-state index contributed by atoms with van der Waals surface area (Å²) in [5.41, 5.74) is 22.5. The van der Waals surface area contributed by atoms with Crippen LogP contribution in [-0.4, -0.2) is 0 Å². The van der Waals surface area contributed by atoms with Crippen LogP contribution in [0.2, 0.25) is 0 Å². The van der Waals surface area contributed by atoms with Crippen LogP contribution in [0.1, 0.15) is 265 Å². The molecule has 64 heavy (non-hydrogen) atoms. The lowest BCUT2D eigenvalue weighted by atomic mass is 9.86. The summed E-state index contributed by atoms with van der Waals surface area (Å²) < 4.78 is 0. The Hall–Kier alpha value is -3.52. The molecule has 0 radical (unpaired) electrons. The van der Waals surface area contributed by atoms with Crippen molar-refractivity contribution in [2.45, 2.75) is 244 Å². The minimum atomic E-state index is 0.472. The highest BCUT2D eigenvalue weighted by atomic mass is 14.5. The van der Waals surface area contributed by atoms with E-state index in [4.69, 9.17) is 11.5 Å². The monoisotopic (exact) mass is 869 g/mol. The van der Waals surface area contributed by atoms with Crippen LogP contribution in [0.25, 0.3) is 0 Å². The quantitative estimate of drug-likeness (QED) is 0.0347. The Morgan fingerprint density at radius 1 is 0.266 bits per heavy atom. The van der Waals surface area contributed by atoms with Gasteiger partial charge in [-0.2, -0.15) is 0 Å². The third-order valence-corrected chi connectivity index (χ3v) is 14.3. The number of nitrogen functional groups attached to an aromatic ring is 2. The molecular weight excluding hydrogens is 773 g/mol. The fourth-order valence-corrected chi connectivity index (χ4v) is 10.1. The predicted molar refractivity (Wildman–Crippen MR) is 285 cm³/mol. The second-order valence-corrected chi connectivity index (χ2v) is 19.9. The Bertz CT molecular complexity index is 1530. The third kappa shape index (κ3) is 23.1. The Morgan fingerprint density at radius 3 is 0.750 bits per heavy atom. The number of benzene rings is 4. The summed E-state index contributed by atoms with van der Waals surface area (Å²) in [6.45, 7) is 4.59. The molecule has 4 aromatic rings. The van der Waals surface area contributed by atoms with Crippen LogP contribution >= 0.6 is 0 Å². The van der Waals surface area contributed by atoms with Crippen molar-refractivity contribution in [2.24, 2.45) is 0 Å². The average molecular weight is 869 g/mol. The van der Waals surface area contributed by atoms with Gasteiger partial charge in [0.05, 0.1) is 0 Å². The van der Waals surface area contributed by atoms with E-state index in [1.54, 1.807) is 0 Å². The maximum Gasteiger partial charge on any atom is 0.0314 e. The van der Waals surface area contributed by atoms with Gasteiger partial charge in [0.1, 0.15) is 0 Å². The van der Waals surface area contributed by atoms with E-state index in [1.807, 2.05) is 0 Å². The van der Waals surface area contributed by atoms with Gasteiger partial charge in [0.2, 0.25) is 0 Å². The maximum atomic E-state index is 6.03. The largest absolute Gasteiger partial charge is 0.399 e. The van der Waals surface area contributed by atoms with E-state index < -0.39 is 0 Å². The van der Waals surface area contributed by atoms with Crippen molar-refractivity contribution in [3.05, 3.63) is 130 Å². The molecule has 4 rings (SSSR count). The standard InChI is InChI=1S/C62H96N2/c1-3-5-7-9-27-31-35-61(57-45-49-59(63)50-46-57)55-41-37-53(38-42-55)33-29-25-23-21-19-17-15-13-11-12-14-16-18-20-22-24-26-30-34-54-39-43-56(44-40-54)62(36-32-28-10-8-6-4-2)58-47-51-60(64)52-48-58/h37-52,61-62H,3-36,63-64H2,1-2H3. The molecule has 0 aliphatic rings. The lowest BCUT2D eigenvalue weighted by molar-refractivity contribution is 0.524. The number of rotatable bonds is 39. The van der Waals surface area contributed by atoms with Crippen LogP contribution in [0, 0.1) is 0 Å². The Labute approximate surface area is 395 Å². The first-order chi connectivity index (χ1) is 31.6. The van der Waals surface area contributed by atoms with Crippen LogP contribution < -0.4 is 11.5 Å². The number of anilines is 2. The van der Waals surface area contributed by atoms with Crippen molar-refractivity contribution in [2.75, 3.05) is 11.5 Å². The molecule has 0 amide bonds. The van der Waals surface area contributed by atoms with Crippen LogP contribution in [0.15, 0.2) is 97.1 Å². The van der Waals surface area contributed by atoms with Crippen molar-refractivity contribution >= 4 is 11.4 Å². The van der Waals surface area contributed by atoms with Crippen LogP contribution in [-0.2, 0) is 12.8 Å². The molecule has 0 fully saturated rings. The van der Waals surface area contributed by atoms with E-state index in [0.717, 1.165) is 11.4 Å². The third-order valence-electron chi connectivity index (χ3n) is 14.3. The zero-order valence-electron chi connectivity index (χ0n) is 41.6. The van der Waals surface area contributed by atoms with Crippen molar-refractivity contribution < 1.29 is 0 Å². The molecule has 0 saturated heterocycles. The normalized spacial score (nSPS) is 12.5. The lowest BCUT2D eigenvalue weighted by Gasteiger charge is -2.19. The molecule has 0 aliphatic heterocycles. The number of nitrogens with two attached hydrogens (primary N) is 2. The molecular formula is C62H96N2. The van der Waals surface area contributed by atoms with Gasteiger partial charge in [-0.25, -0.2) is 0 Å². The second kappa shape index (κ2) is 34.8. The topological polar surface area (TPSA) is 52.0 Å². The zero-order valence-corrected chi connectivity index (χ0v) is 41.6. The summed E-state index contributed by atoms with van der Waals surface area (Å²) in [7, 11) is 0. The van der Waals surface area contributed by atoms with Crippen LogP contribution in [0.3, 0.4) is 0 Å². The molecule has 354 valence electrons. The molecule has 2 unspecified atom stereocenters. The highest BCUT2D eigenvalue weighted by Crippen LogP contribution is 2.33. The Kier molecular flexibility index (Phi) is 28.9. The van der Waals surface area contributed by atoms with Crippen molar-refractivity contribution in [3.8, 4) is 0 Å². The summed E-state index contributed by atoms with van der Waals surface area (Å²) in [5, 5.41) is 0. The van der Waals surface area contributed by atoms with Gasteiger partial charge in [-0.05, 0) is 96.2 Å². The predicted octanol–water partition coefficient (Wildman–Crippen LogP) is 19.4. The van der Waals surface area contributed by atoms with Gasteiger partial charge >= 0.3 is 0 Å². The number of unbranched alkanes of at least 4 members (excludes halogenated alkanes) is 27. The molecule has 2 heteroatoms. The number of aryl methyl sites for hydroxylation is 2. The second-order valence-electron chi connectivity index (χ2n) is 19.9. The van der Waals surface area contributed by atoms with E-state index in [0.29, 0.717) is 11.8 Å². The van der Waals surface area contributed by atoms with Gasteiger partial charge in [0, 0.05) is 23.2 Å². The number of hydrogen-bond acceptors (Lipinski definition) is 2. The molecule has 0 bridgehead atoms. The summed E-state index contributed by atoms with van der Waals surface area (Å²) in [4.78, 5) is 0. The number of hydrogen-bond donors (Lipinski definition) is 2. The molecule has 0 spiro atoms. The van der Waals surface area contributed by atoms with Gasteiger partial charge in [0.25, 0.3) is 0 Å². The fraction of sp³-hybridized carbons (Fsp3) is 0.613. The highest BCUT2D eigenvalue weighted by molar-refractivity contribution is 5.44. The van der Waals surface area contributed by atoms with E-state index in [9.17, 15) is 0 Å². The van der Waals surface area contributed by atoms with Gasteiger partial charge in [-0.1, -0.05) is 266 Å². The van der Waals surface area contributed by atoms with E-state index in [-0.39, 0.29) is 0 Å². The minimum Gasteiger partial charge on any atom is -0.399 e. The first-order valence-corrected chi connectivity index (χ1v) is 27.5. The smallest absolute Gasteiger partial charge is 0.0314 e. The summed E-state index contributed by atoms with van der Waals surface area (Å²) in [6, 6.07) is 36.5. The first-order valence-electron chi connectivity index (χ1n) is 27.5. The van der Waals surface area contributed by atoms with Crippen molar-refractivity contribution in [1.29, 1.82) is 0 Å². The van der Waals surface area contributed by atoms with Gasteiger partial charge in [-0.3, -0.25) is 0 Å². The van der Waals surface area contributed by atoms with Crippen LogP contribution in [0.5, 0.6) is 0 Å². The highest BCUT2D eigenvalue weighted by Gasteiger charge is 2.16. The Balaban J connectivity index is 0.937. The SMILES string of the molecule is CCCCCCCCC(c1ccc(N)cc1)c1ccc(CCCCCCCCCCCCCCCCCCCCc2ccc(C(CCCCCCCC)c3ccc(N)cc3)cc2)cc1. The molecule has 2 atom stereocenters. The van der Waals surface area contributed by atoms with Crippen LogP contribution in [0.4, 0.5) is 11.4 Å². The molecule has 0 saturated carbocycles. The zero-order chi connectivity index (χ0) is 45.1. The average Bonchev–Trinajstić information content (AvgIpc) is 3.32. The Morgan fingerprint density at radius 2 is 0.484 bits per heavy atom. The fourth-order valence-electron chi connectivity index (χ4n) is 10.1. The van der Waals surface area contributed by atoms with Gasteiger partial charge in [-0.15, -0.1) is 0 Å². The minimum absolute atomic E-state index is 0.472. The van der Waals surface area contributed by atoms with E-state index in [2.05, 4.69) is 111 Å². The molecule has 0 aromatic heterocycles. The van der Waals surface area contributed by atoms with E-state index >= 15 is 0 Å². The summed E-state index contributed by atoms with van der Waals surface area (Å²) in [5.74, 6) is 0.944. The molecule has 0 heterocycles. The summed E-state index contributed by atoms with van der Waals surface area (Å²) >= 11 is 0. The molecule has 2 nitrogen and oxygen atoms in total. The van der Waals surface area contributed by atoms with E-state index in [1.165, 1.54) is 252 Å². The maximum absolute atomic E-state index is 6.03. The molecule has 4 N–H and O–H groups in total. The molecule has 4 aromatic carbocycles. The van der Waals surface area contributed by atoms with Gasteiger partial charge < -0.3 is 11.5 Å². The first kappa shape index (κ1) is 53.1.